The van der Waals surface area contributed by atoms with Gasteiger partial charge in [0.2, 0.25) is 5.91 Å². The van der Waals surface area contributed by atoms with E-state index in [1.807, 2.05) is 4.90 Å². The fraction of sp³-hybridized carbons (Fsp3) is 0.562. The lowest BCUT2D eigenvalue weighted by Crippen LogP contribution is -2.50. The molecule has 2 rings (SSSR count). The van der Waals surface area contributed by atoms with Crippen LogP contribution in [0.15, 0.2) is 18.2 Å². The first-order valence-corrected chi connectivity index (χ1v) is 7.41. The van der Waals surface area contributed by atoms with Gasteiger partial charge in [0.05, 0.1) is 13.2 Å². The van der Waals surface area contributed by atoms with Gasteiger partial charge in [0.15, 0.2) is 0 Å². The number of ether oxygens (including phenoxy) is 1. The van der Waals surface area contributed by atoms with Gasteiger partial charge in [0, 0.05) is 31.9 Å². The highest BCUT2D eigenvalue weighted by Gasteiger charge is 2.22. The normalized spacial score (nSPS) is 15.4. The van der Waals surface area contributed by atoms with Crippen LogP contribution in [0.1, 0.15) is 11.1 Å². The summed E-state index contributed by atoms with van der Waals surface area (Å²) in [5.74, 6) is 0.00376. The molecular weight excluding hydrogens is 268 g/mol. The Labute approximate surface area is 126 Å². The molecule has 1 fully saturated rings. The smallest absolute Gasteiger partial charge is 0.248 e. The van der Waals surface area contributed by atoms with Crippen LogP contribution in [0.5, 0.6) is 0 Å². The summed E-state index contributed by atoms with van der Waals surface area (Å²) in [6.45, 7) is 7.61. The number of carbonyl (C=O) groups is 1. The van der Waals surface area contributed by atoms with Crippen molar-refractivity contribution in [3.63, 3.8) is 0 Å². The summed E-state index contributed by atoms with van der Waals surface area (Å²) in [7, 11) is 0. The third-order valence-corrected chi connectivity index (χ3v) is 4.01. The Kier molecular flexibility index (Phi) is 5.59. The van der Waals surface area contributed by atoms with Crippen molar-refractivity contribution in [2.24, 2.45) is 0 Å². The quantitative estimate of drug-likeness (QED) is 0.821. The van der Waals surface area contributed by atoms with Crippen LogP contribution in [0.2, 0.25) is 0 Å². The topological polar surface area (TPSA) is 53.0 Å². The zero-order valence-corrected chi connectivity index (χ0v) is 12.8. The molecule has 1 aromatic carbocycles. The van der Waals surface area contributed by atoms with Crippen molar-refractivity contribution in [1.29, 1.82) is 0 Å². The number of aryl methyl sites for hydroxylation is 1. The predicted molar refractivity (Wildman–Crippen MR) is 82.6 cm³/mol. The zero-order chi connectivity index (χ0) is 15.2. The van der Waals surface area contributed by atoms with E-state index in [1.54, 1.807) is 0 Å². The Bertz CT molecular complexity index is 482. The zero-order valence-electron chi connectivity index (χ0n) is 12.8. The Morgan fingerprint density at radius 2 is 1.95 bits per heavy atom. The van der Waals surface area contributed by atoms with Gasteiger partial charge >= 0.3 is 0 Å². The molecule has 1 saturated heterocycles. The molecule has 1 aliphatic rings. The first-order valence-electron chi connectivity index (χ1n) is 7.41. The van der Waals surface area contributed by atoms with Gasteiger partial charge in [0.25, 0.3) is 0 Å². The molecule has 0 bridgehead atoms. The van der Waals surface area contributed by atoms with Crippen molar-refractivity contribution in [3.05, 3.63) is 29.3 Å². The minimum atomic E-state index is -0.0479. The number of aliphatic hydroxyl groups excluding tert-OH is 1. The molecule has 1 amide bonds. The van der Waals surface area contributed by atoms with Gasteiger partial charge in [-0.25, -0.2) is 0 Å². The largest absolute Gasteiger partial charge is 0.394 e. The Morgan fingerprint density at radius 3 is 2.62 bits per heavy atom. The third kappa shape index (κ3) is 3.95. The van der Waals surface area contributed by atoms with Crippen molar-refractivity contribution in [3.8, 4) is 0 Å². The Balaban J connectivity index is 1.88. The summed E-state index contributed by atoms with van der Waals surface area (Å²) in [6, 6.07) is 6.35. The van der Waals surface area contributed by atoms with E-state index in [-0.39, 0.29) is 25.7 Å². The van der Waals surface area contributed by atoms with Crippen LogP contribution in [0.4, 0.5) is 5.69 Å². The van der Waals surface area contributed by atoms with Gasteiger partial charge in [-0.05, 0) is 31.0 Å². The van der Waals surface area contributed by atoms with Gasteiger partial charge < -0.3 is 19.6 Å². The molecule has 5 heteroatoms. The molecule has 0 atom stereocenters. The van der Waals surface area contributed by atoms with Crippen molar-refractivity contribution < 1.29 is 14.6 Å². The van der Waals surface area contributed by atoms with Crippen molar-refractivity contribution in [2.75, 3.05) is 50.9 Å². The number of carbonyl (C=O) groups excluding carboxylic acids is 1. The number of anilines is 1. The van der Waals surface area contributed by atoms with Gasteiger partial charge in [-0.2, -0.15) is 0 Å². The first kappa shape index (κ1) is 15.8. The third-order valence-electron chi connectivity index (χ3n) is 4.01. The summed E-state index contributed by atoms with van der Waals surface area (Å²) < 4.78 is 5.09. The standard InChI is InChI=1S/C16H24N2O3/c1-13-4-3-5-15(14(13)2)17-6-8-18(9-7-17)16(20)12-21-11-10-19/h3-5,19H,6-12H2,1-2H3. The maximum atomic E-state index is 11.9. The van der Waals surface area contributed by atoms with Crippen LogP contribution in [0, 0.1) is 13.8 Å². The van der Waals surface area contributed by atoms with E-state index in [2.05, 4.69) is 36.9 Å². The maximum absolute atomic E-state index is 11.9. The highest BCUT2D eigenvalue weighted by molar-refractivity contribution is 5.77. The van der Waals surface area contributed by atoms with E-state index >= 15 is 0 Å². The number of aliphatic hydroxyl groups is 1. The number of nitrogens with zero attached hydrogens (tertiary/aromatic N) is 2. The summed E-state index contributed by atoms with van der Waals surface area (Å²) in [5.41, 5.74) is 3.87. The number of hydrogen-bond acceptors (Lipinski definition) is 4. The summed E-state index contributed by atoms with van der Waals surface area (Å²) in [4.78, 5) is 16.1. The van der Waals surface area contributed by atoms with E-state index in [1.165, 1.54) is 16.8 Å². The van der Waals surface area contributed by atoms with E-state index in [0.29, 0.717) is 13.1 Å². The molecule has 1 N–H and O–H groups in total. The van der Waals surface area contributed by atoms with Crippen LogP contribution in [-0.2, 0) is 9.53 Å². The van der Waals surface area contributed by atoms with Crippen LogP contribution in [-0.4, -0.2) is 61.9 Å². The lowest BCUT2D eigenvalue weighted by Gasteiger charge is -2.37. The lowest BCUT2D eigenvalue weighted by atomic mass is 10.1. The van der Waals surface area contributed by atoms with E-state index in [0.717, 1.165) is 13.1 Å². The molecule has 0 aliphatic carbocycles. The fourth-order valence-electron chi connectivity index (χ4n) is 2.59. The minimum Gasteiger partial charge on any atom is -0.394 e. The van der Waals surface area contributed by atoms with Crippen LogP contribution >= 0.6 is 0 Å². The number of hydrogen-bond donors (Lipinski definition) is 1. The fourth-order valence-corrected chi connectivity index (χ4v) is 2.59. The molecular formula is C16H24N2O3. The van der Waals surface area contributed by atoms with Gasteiger partial charge in [-0.1, -0.05) is 12.1 Å². The molecule has 0 saturated carbocycles. The van der Waals surface area contributed by atoms with Gasteiger partial charge in [-0.3, -0.25) is 4.79 Å². The second-order valence-electron chi connectivity index (χ2n) is 5.36. The summed E-state index contributed by atoms with van der Waals surface area (Å²) >= 11 is 0. The number of piperazine rings is 1. The van der Waals surface area contributed by atoms with E-state index in [4.69, 9.17) is 9.84 Å². The van der Waals surface area contributed by atoms with Crippen molar-refractivity contribution >= 4 is 11.6 Å². The molecule has 0 spiro atoms. The molecule has 21 heavy (non-hydrogen) atoms. The monoisotopic (exact) mass is 292 g/mol. The molecule has 0 unspecified atom stereocenters. The second kappa shape index (κ2) is 7.43. The minimum absolute atomic E-state index is 0.00376. The van der Waals surface area contributed by atoms with Crippen molar-refractivity contribution in [1.82, 2.24) is 4.90 Å². The molecule has 116 valence electrons. The number of amides is 1. The van der Waals surface area contributed by atoms with Gasteiger partial charge in [-0.15, -0.1) is 0 Å². The predicted octanol–water partition coefficient (Wildman–Crippen LogP) is 0.961. The van der Waals surface area contributed by atoms with E-state index < -0.39 is 0 Å². The molecule has 1 aromatic rings. The summed E-state index contributed by atoms with van der Waals surface area (Å²) in [5, 5.41) is 8.64. The van der Waals surface area contributed by atoms with Crippen LogP contribution in [0.25, 0.3) is 0 Å². The van der Waals surface area contributed by atoms with Crippen molar-refractivity contribution in [2.45, 2.75) is 13.8 Å². The average Bonchev–Trinajstić information content (AvgIpc) is 2.50. The molecule has 5 nitrogen and oxygen atoms in total. The summed E-state index contributed by atoms with van der Waals surface area (Å²) in [6.07, 6.45) is 0. The molecule has 0 radical (unpaired) electrons. The second-order valence-corrected chi connectivity index (χ2v) is 5.36. The first-order chi connectivity index (χ1) is 10.1. The van der Waals surface area contributed by atoms with E-state index in [9.17, 15) is 4.79 Å². The Hall–Kier alpha value is -1.59. The number of benzene rings is 1. The molecule has 1 heterocycles. The highest BCUT2D eigenvalue weighted by atomic mass is 16.5. The SMILES string of the molecule is Cc1cccc(N2CCN(C(=O)COCCO)CC2)c1C. The molecule has 1 aliphatic heterocycles. The molecule has 0 aromatic heterocycles. The number of rotatable bonds is 5. The maximum Gasteiger partial charge on any atom is 0.248 e. The van der Waals surface area contributed by atoms with Gasteiger partial charge in [0.1, 0.15) is 6.61 Å². The van der Waals surface area contributed by atoms with Crippen LogP contribution < -0.4 is 4.90 Å². The van der Waals surface area contributed by atoms with Crippen LogP contribution in [0.3, 0.4) is 0 Å². The highest BCUT2D eigenvalue weighted by Crippen LogP contribution is 2.23. The average molecular weight is 292 g/mol. The Morgan fingerprint density at radius 1 is 1.24 bits per heavy atom. The lowest BCUT2D eigenvalue weighted by molar-refractivity contribution is -0.136.